The summed E-state index contributed by atoms with van der Waals surface area (Å²) in [6, 6.07) is 8.96. The summed E-state index contributed by atoms with van der Waals surface area (Å²) >= 11 is 0. The molecule has 0 spiro atoms. The highest BCUT2D eigenvalue weighted by molar-refractivity contribution is 6.04. The molecule has 2 N–H and O–H groups in total. The van der Waals surface area contributed by atoms with Crippen LogP contribution in [0.4, 0.5) is 13.2 Å². The van der Waals surface area contributed by atoms with Crippen LogP contribution in [0.25, 0.3) is 10.9 Å². The molecule has 2 aromatic carbocycles. The molecule has 2 heterocycles. The lowest BCUT2D eigenvalue weighted by Crippen LogP contribution is -2.39. The number of ether oxygens (including phenoxy) is 2. The topological polar surface area (TPSA) is 107 Å². The maximum Gasteiger partial charge on any atom is 0.416 e. The Morgan fingerprint density at radius 1 is 1.14 bits per heavy atom. The minimum atomic E-state index is -4.50. The van der Waals surface area contributed by atoms with E-state index in [1.807, 2.05) is 0 Å². The average molecular weight is 504 g/mol. The number of pyridine rings is 1. The third-order valence-electron chi connectivity index (χ3n) is 5.49. The minimum absolute atomic E-state index is 0.121. The van der Waals surface area contributed by atoms with E-state index in [4.69, 9.17) is 9.47 Å². The van der Waals surface area contributed by atoms with Crippen LogP contribution in [0.3, 0.4) is 0 Å². The molecular formula is C25H23F3N2O6. The fourth-order valence-corrected chi connectivity index (χ4v) is 3.97. The largest absolute Gasteiger partial charge is 0.506 e. The van der Waals surface area contributed by atoms with Crippen LogP contribution in [0.15, 0.2) is 47.3 Å². The Hall–Kier alpha value is -4.02. The number of benzene rings is 2. The molecule has 1 aromatic heterocycles. The van der Waals surface area contributed by atoms with E-state index in [0.717, 1.165) is 12.1 Å². The molecule has 0 radical (unpaired) electrons. The number of rotatable bonds is 4. The highest BCUT2D eigenvalue weighted by Gasteiger charge is 2.32. The Bertz CT molecular complexity index is 1410. The predicted octanol–water partition coefficient (Wildman–Crippen LogP) is 3.93. The number of aromatic hydroxyl groups is 1. The van der Waals surface area contributed by atoms with E-state index in [-0.39, 0.29) is 23.2 Å². The number of aromatic nitrogens is 1. The molecule has 4 rings (SSSR count). The minimum Gasteiger partial charge on any atom is -0.506 e. The Kier molecular flexibility index (Phi) is 6.19. The van der Waals surface area contributed by atoms with Crippen molar-refractivity contribution in [1.82, 2.24) is 9.88 Å². The molecule has 8 nitrogen and oxygen atoms in total. The Morgan fingerprint density at radius 3 is 2.42 bits per heavy atom. The molecule has 11 heteroatoms. The molecule has 1 aliphatic rings. The summed E-state index contributed by atoms with van der Waals surface area (Å²) in [5.41, 5.74) is -2.38. The number of esters is 1. The molecule has 0 saturated heterocycles. The van der Waals surface area contributed by atoms with Crippen molar-refractivity contribution in [3.8, 4) is 11.5 Å². The average Bonchev–Trinajstić information content (AvgIpc) is 2.79. The quantitative estimate of drug-likeness (QED) is 0.522. The molecule has 1 amide bonds. The van der Waals surface area contributed by atoms with E-state index >= 15 is 0 Å². The second-order valence-corrected chi connectivity index (χ2v) is 9.29. The number of para-hydroxylation sites is 1. The number of hydrogen-bond donors (Lipinski definition) is 2. The summed E-state index contributed by atoms with van der Waals surface area (Å²) in [5, 5.41) is 13.2. The molecule has 3 aromatic rings. The van der Waals surface area contributed by atoms with Crippen LogP contribution in [-0.4, -0.2) is 33.7 Å². The van der Waals surface area contributed by atoms with Gasteiger partial charge in [0.15, 0.2) is 0 Å². The monoisotopic (exact) mass is 504 g/mol. The lowest BCUT2D eigenvalue weighted by atomic mass is 10.0. The summed E-state index contributed by atoms with van der Waals surface area (Å²) in [4.78, 5) is 38.1. The molecule has 0 saturated carbocycles. The fourth-order valence-electron chi connectivity index (χ4n) is 3.97. The zero-order valence-corrected chi connectivity index (χ0v) is 19.6. The zero-order chi connectivity index (χ0) is 26.4. The number of alkyl halides is 3. The lowest BCUT2D eigenvalue weighted by molar-refractivity contribution is -0.153. The molecule has 1 unspecified atom stereocenters. The van der Waals surface area contributed by atoms with E-state index < -0.39 is 58.7 Å². The first-order valence-corrected chi connectivity index (χ1v) is 11.0. The first kappa shape index (κ1) is 25.1. The number of carbonyl (C=O) groups excluding carboxylic acids is 2. The van der Waals surface area contributed by atoms with Gasteiger partial charge in [-0.3, -0.25) is 19.0 Å². The number of nitrogens with one attached hydrogen (secondary N) is 1. The summed E-state index contributed by atoms with van der Waals surface area (Å²) < 4.78 is 51.1. The van der Waals surface area contributed by atoms with Crippen molar-refractivity contribution >= 4 is 22.8 Å². The van der Waals surface area contributed by atoms with Crippen LogP contribution < -0.4 is 15.6 Å². The SMILES string of the molecule is CC(C)(C)OC(=O)CNC(=O)c1c(O)c2cccc3c2n(c1=O)CC(c1ccc(C(F)(F)F)cc1)O3. The number of halogens is 3. The van der Waals surface area contributed by atoms with Gasteiger partial charge in [0.1, 0.15) is 35.3 Å². The molecule has 0 aliphatic carbocycles. The van der Waals surface area contributed by atoms with E-state index in [1.54, 1.807) is 32.9 Å². The maximum absolute atomic E-state index is 13.3. The van der Waals surface area contributed by atoms with Gasteiger partial charge < -0.3 is 19.9 Å². The van der Waals surface area contributed by atoms with Crippen molar-refractivity contribution in [2.75, 3.05) is 6.54 Å². The second kappa shape index (κ2) is 8.89. The van der Waals surface area contributed by atoms with Crippen molar-refractivity contribution in [2.24, 2.45) is 0 Å². The van der Waals surface area contributed by atoms with Crippen molar-refractivity contribution in [3.63, 3.8) is 0 Å². The smallest absolute Gasteiger partial charge is 0.416 e. The van der Waals surface area contributed by atoms with Crippen molar-refractivity contribution in [3.05, 3.63) is 69.5 Å². The number of carbonyl (C=O) groups is 2. The normalized spacial score (nSPS) is 15.3. The van der Waals surface area contributed by atoms with Gasteiger partial charge in [-0.15, -0.1) is 0 Å². The van der Waals surface area contributed by atoms with E-state index in [9.17, 15) is 32.7 Å². The molecule has 0 fully saturated rings. The van der Waals surface area contributed by atoms with Crippen LogP contribution in [-0.2, 0) is 22.3 Å². The first-order valence-electron chi connectivity index (χ1n) is 11.0. The molecule has 0 bridgehead atoms. The highest BCUT2D eigenvalue weighted by atomic mass is 19.4. The van der Waals surface area contributed by atoms with Crippen LogP contribution in [0.5, 0.6) is 11.5 Å². The van der Waals surface area contributed by atoms with Crippen molar-refractivity contribution in [2.45, 2.75) is 45.2 Å². The van der Waals surface area contributed by atoms with Gasteiger partial charge in [0, 0.05) is 5.39 Å². The Morgan fingerprint density at radius 2 is 1.81 bits per heavy atom. The van der Waals surface area contributed by atoms with Gasteiger partial charge in [-0.1, -0.05) is 18.2 Å². The van der Waals surface area contributed by atoms with Crippen LogP contribution in [0.2, 0.25) is 0 Å². The van der Waals surface area contributed by atoms with Gasteiger partial charge in [0.25, 0.3) is 11.5 Å². The van der Waals surface area contributed by atoms with Crippen molar-refractivity contribution in [1.29, 1.82) is 0 Å². The zero-order valence-electron chi connectivity index (χ0n) is 19.6. The maximum atomic E-state index is 13.3. The van der Waals surface area contributed by atoms with Gasteiger partial charge in [-0.2, -0.15) is 13.2 Å². The molecule has 190 valence electrons. The van der Waals surface area contributed by atoms with Crippen LogP contribution >= 0.6 is 0 Å². The molecule has 1 atom stereocenters. The van der Waals surface area contributed by atoms with Gasteiger partial charge in [0.2, 0.25) is 0 Å². The van der Waals surface area contributed by atoms with Crippen LogP contribution in [0, 0.1) is 0 Å². The van der Waals surface area contributed by atoms with Gasteiger partial charge in [-0.25, -0.2) is 0 Å². The fraction of sp³-hybridized carbons (Fsp3) is 0.320. The summed E-state index contributed by atoms with van der Waals surface area (Å²) in [6.45, 7) is 4.33. The molecule has 1 aliphatic heterocycles. The number of amides is 1. The van der Waals surface area contributed by atoms with Gasteiger partial charge in [-0.05, 0) is 50.6 Å². The second-order valence-electron chi connectivity index (χ2n) is 9.29. The summed E-state index contributed by atoms with van der Waals surface area (Å²) in [5.74, 6) is -2.06. The van der Waals surface area contributed by atoms with Crippen molar-refractivity contribution < 1.29 is 37.3 Å². The lowest BCUT2D eigenvalue weighted by Gasteiger charge is -2.29. The Labute approximate surface area is 203 Å². The van der Waals surface area contributed by atoms with Crippen LogP contribution in [0.1, 0.15) is 48.4 Å². The van der Waals surface area contributed by atoms with E-state index in [0.29, 0.717) is 5.56 Å². The first-order chi connectivity index (χ1) is 16.8. The summed E-state index contributed by atoms with van der Waals surface area (Å²) in [7, 11) is 0. The number of nitrogens with zero attached hydrogens (tertiary/aromatic N) is 1. The third-order valence-corrected chi connectivity index (χ3v) is 5.49. The van der Waals surface area contributed by atoms with E-state index in [1.165, 1.54) is 22.8 Å². The third kappa shape index (κ3) is 4.86. The molecular weight excluding hydrogens is 481 g/mol. The van der Waals surface area contributed by atoms with E-state index in [2.05, 4.69) is 5.32 Å². The Balaban J connectivity index is 1.69. The standard InChI is InChI=1S/C25H23F3N2O6/c1-24(2,3)36-18(31)11-29-22(33)19-21(32)15-5-4-6-16-20(15)30(23(19)34)12-17(35-16)13-7-9-14(10-8-13)25(26,27)28/h4-10,17,32H,11-12H2,1-3H3,(H,29,33). The van der Waals surface area contributed by atoms with Gasteiger partial charge in [0.05, 0.1) is 17.6 Å². The van der Waals surface area contributed by atoms with Gasteiger partial charge >= 0.3 is 12.1 Å². The molecule has 36 heavy (non-hydrogen) atoms. The highest BCUT2D eigenvalue weighted by Crippen LogP contribution is 2.39. The predicted molar refractivity (Wildman–Crippen MR) is 123 cm³/mol. The summed E-state index contributed by atoms with van der Waals surface area (Å²) in [6.07, 6.45) is -5.33. The number of hydrogen-bond acceptors (Lipinski definition) is 6.